The quantitative estimate of drug-likeness (QED) is 0.514. The molecule has 3 N–H and O–H groups in total. The van der Waals surface area contributed by atoms with Crippen molar-refractivity contribution in [2.45, 2.75) is 41.5 Å². The average molecular weight is 377 g/mol. The van der Waals surface area contributed by atoms with Crippen molar-refractivity contribution in [3.05, 3.63) is 69.8 Å². The smallest absolute Gasteiger partial charge is 0.142 e. The van der Waals surface area contributed by atoms with Crippen molar-refractivity contribution >= 4 is 17.1 Å². The van der Waals surface area contributed by atoms with Gasteiger partial charge in [-0.25, -0.2) is 0 Å². The van der Waals surface area contributed by atoms with Crippen molar-refractivity contribution in [3.63, 3.8) is 0 Å². The lowest BCUT2D eigenvalue weighted by Crippen LogP contribution is -2.13. The molecule has 0 radical (unpaired) electrons. The van der Waals surface area contributed by atoms with Gasteiger partial charge in [0, 0.05) is 0 Å². The number of phenols is 3. The Hall–Kier alpha value is -3.14. The van der Waals surface area contributed by atoms with Gasteiger partial charge in [0.1, 0.15) is 17.2 Å². The van der Waals surface area contributed by atoms with E-state index in [9.17, 15) is 15.3 Å². The summed E-state index contributed by atoms with van der Waals surface area (Å²) >= 11 is 0. The van der Waals surface area contributed by atoms with E-state index in [1.165, 1.54) is 0 Å². The molecule has 0 aliphatic rings. The molecule has 0 unspecified atom stereocenters. The first-order valence-electron chi connectivity index (χ1n) is 9.31. The first kappa shape index (κ1) is 19.6. The van der Waals surface area contributed by atoms with E-state index in [1.807, 2.05) is 77.9 Å². The van der Waals surface area contributed by atoms with Gasteiger partial charge in [0.2, 0.25) is 0 Å². The van der Waals surface area contributed by atoms with Crippen LogP contribution in [-0.4, -0.2) is 15.3 Å². The summed E-state index contributed by atoms with van der Waals surface area (Å²) in [4.78, 5) is 1.74. The van der Waals surface area contributed by atoms with E-state index in [2.05, 4.69) is 0 Å². The number of hydrogen-bond acceptors (Lipinski definition) is 4. The van der Waals surface area contributed by atoms with Crippen LogP contribution in [0.1, 0.15) is 33.4 Å². The number of phenolic OH excluding ortho intramolecular Hbond substituents is 3. The van der Waals surface area contributed by atoms with Crippen molar-refractivity contribution in [1.29, 1.82) is 0 Å². The summed E-state index contributed by atoms with van der Waals surface area (Å²) in [5.41, 5.74) is 6.65. The van der Waals surface area contributed by atoms with Gasteiger partial charge in [-0.3, -0.25) is 4.90 Å². The zero-order valence-corrected chi connectivity index (χ0v) is 17.3. The highest BCUT2D eigenvalue weighted by molar-refractivity contribution is 5.87. The zero-order valence-electron chi connectivity index (χ0n) is 17.3. The van der Waals surface area contributed by atoms with E-state index in [0.29, 0.717) is 17.1 Å². The molecule has 0 bridgehead atoms. The predicted octanol–water partition coefficient (Wildman–Crippen LogP) is 6.12. The van der Waals surface area contributed by atoms with Gasteiger partial charge in [-0.2, -0.15) is 0 Å². The summed E-state index contributed by atoms with van der Waals surface area (Å²) < 4.78 is 0. The van der Waals surface area contributed by atoms with Crippen LogP contribution in [0, 0.1) is 41.5 Å². The van der Waals surface area contributed by atoms with E-state index < -0.39 is 0 Å². The van der Waals surface area contributed by atoms with E-state index in [-0.39, 0.29) is 17.2 Å². The Morgan fingerprint density at radius 3 is 0.964 bits per heavy atom. The highest BCUT2D eigenvalue weighted by Gasteiger charge is 2.24. The molecule has 0 saturated carbocycles. The van der Waals surface area contributed by atoms with Crippen LogP contribution in [0.5, 0.6) is 17.2 Å². The summed E-state index contributed by atoms with van der Waals surface area (Å²) in [5, 5.41) is 32.6. The number of rotatable bonds is 3. The normalized spacial score (nSPS) is 10.9. The number of anilines is 3. The molecule has 0 fully saturated rings. The van der Waals surface area contributed by atoms with Gasteiger partial charge in [-0.1, -0.05) is 18.2 Å². The standard InChI is InChI=1S/C24H27NO3/c1-13-7-16(4)22(26)19(10-13)25(20-11-14(2)8-17(5)23(20)27)21-12-15(3)9-18(6)24(21)28/h7-12,26-28H,1-6H3. The molecule has 0 saturated heterocycles. The summed E-state index contributed by atoms with van der Waals surface area (Å²) in [6.45, 7) is 11.4. The SMILES string of the molecule is Cc1cc(C)c(O)c(N(c2cc(C)cc(C)c2O)c2cc(C)cc(C)c2O)c1. The number of nitrogens with zero attached hydrogens (tertiary/aromatic N) is 1. The Kier molecular flexibility index (Phi) is 4.99. The second kappa shape index (κ2) is 7.12. The first-order chi connectivity index (χ1) is 13.1. The van der Waals surface area contributed by atoms with Crippen LogP contribution in [0.4, 0.5) is 17.1 Å². The first-order valence-corrected chi connectivity index (χ1v) is 9.31. The van der Waals surface area contributed by atoms with Gasteiger partial charge >= 0.3 is 0 Å². The van der Waals surface area contributed by atoms with Crippen LogP contribution in [0.3, 0.4) is 0 Å². The lowest BCUT2D eigenvalue weighted by Gasteiger charge is -2.29. The number of aromatic hydroxyl groups is 3. The van der Waals surface area contributed by atoms with Crippen LogP contribution in [0.25, 0.3) is 0 Å². The third-order valence-electron chi connectivity index (χ3n) is 5.00. The van der Waals surface area contributed by atoms with Crippen LogP contribution in [-0.2, 0) is 0 Å². The lowest BCUT2D eigenvalue weighted by molar-refractivity contribution is 0.464. The fourth-order valence-corrected chi connectivity index (χ4v) is 3.71. The second-order valence-corrected chi connectivity index (χ2v) is 7.68. The molecule has 0 atom stereocenters. The van der Waals surface area contributed by atoms with Crippen LogP contribution in [0.15, 0.2) is 36.4 Å². The molecular weight excluding hydrogens is 350 g/mol. The summed E-state index contributed by atoms with van der Waals surface area (Å²) in [6, 6.07) is 11.3. The molecule has 0 aliphatic heterocycles. The van der Waals surface area contributed by atoms with Crippen molar-refractivity contribution in [1.82, 2.24) is 0 Å². The Morgan fingerprint density at radius 1 is 0.464 bits per heavy atom. The minimum absolute atomic E-state index is 0.114. The van der Waals surface area contributed by atoms with E-state index in [0.717, 1.165) is 33.4 Å². The van der Waals surface area contributed by atoms with Gasteiger partial charge in [0.05, 0.1) is 17.1 Å². The number of aryl methyl sites for hydroxylation is 6. The van der Waals surface area contributed by atoms with Gasteiger partial charge in [0.15, 0.2) is 0 Å². The maximum atomic E-state index is 10.9. The van der Waals surface area contributed by atoms with Crippen molar-refractivity contribution in [3.8, 4) is 17.2 Å². The lowest BCUT2D eigenvalue weighted by atomic mass is 10.0. The van der Waals surface area contributed by atoms with Crippen LogP contribution < -0.4 is 4.90 Å². The van der Waals surface area contributed by atoms with Crippen molar-refractivity contribution in [2.24, 2.45) is 0 Å². The van der Waals surface area contributed by atoms with Gasteiger partial charge < -0.3 is 15.3 Å². The summed E-state index contributed by atoms with van der Waals surface area (Å²) in [5.74, 6) is 0.341. The molecule has 3 aromatic carbocycles. The molecule has 0 heterocycles. The Labute approximate surface area is 166 Å². The van der Waals surface area contributed by atoms with Gasteiger partial charge in [-0.15, -0.1) is 0 Å². The Bertz CT molecular complexity index is 933. The number of hydrogen-bond donors (Lipinski definition) is 3. The Balaban J connectivity index is 2.44. The molecule has 0 spiro atoms. The van der Waals surface area contributed by atoms with Crippen molar-refractivity contribution < 1.29 is 15.3 Å². The molecule has 0 aromatic heterocycles. The topological polar surface area (TPSA) is 63.9 Å². The molecule has 28 heavy (non-hydrogen) atoms. The molecule has 0 amide bonds. The fraction of sp³-hybridized carbons (Fsp3) is 0.250. The maximum absolute atomic E-state index is 10.9. The van der Waals surface area contributed by atoms with E-state index in [1.54, 1.807) is 4.90 Å². The third-order valence-corrected chi connectivity index (χ3v) is 5.00. The molecule has 0 aliphatic carbocycles. The molecule has 4 heteroatoms. The molecule has 3 aromatic rings. The minimum atomic E-state index is 0.114. The predicted molar refractivity (Wildman–Crippen MR) is 115 cm³/mol. The monoisotopic (exact) mass is 377 g/mol. The minimum Gasteiger partial charge on any atom is -0.505 e. The maximum Gasteiger partial charge on any atom is 0.142 e. The highest BCUT2D eigenvalue weighted by atomic mass is 16.3. The highest BCUT2D eigenvalue weighted by Crippen LogP contribution is 2.49. The third kappa shape index (κ3) is 3.38. The van der Waals surface area contributed by atoms with Crippen LogP contribution >= 0.6 is 0 Å². The average Bonchev–Trinajstić information content (AvgIpc) is 2.60. The fourth-order valence-electron chi connectivity index (χ4n) is 3.71. The number of benzene rings is 3. The van der Waals surface area contributed by atoms with Crippen LogP contribution in [0.2, 0.25) is 0 Å². The largest absolute Gasteiger partial charge is 0.505 e. The summed E-state index contributed by atoms with van der Waals surface area (Å²) in [7, 11) is 0. The molecule has 146 valence electrons. The summed E-state index contributed by atoms with van der Waals surface area (Å²) in [6.07, 6.45) is 0. The van der Waals surface area contributed by atoms with Crippen molar-refractivity contribution in [2.75, 3.05) is 4.90 Å². The molecule has 3 rings (SSSR count). The zero-order chi connectivity index (χ0) is 20.7. The van der Waals surface area contributed by atoms with E-state index in [4.69, 9.17) is 0 Å². The Morgan fingerprint density at radius 2 is 0.714 bits per heavy atom. The van der Waals surface area contributed by atoms with Gasteiger partial charge in [-0.05, 0) is 93.1 Å². The molecule has 4 nitrogen and oxygen atoms in total. The molecular formula is C24H27NO3. The van der Waals surface area contributed by atoms with Gasteiger partial charge in [0.25, 0.3) is 0 Å². The van der Waals surface area contributed by atoms with E-state index >= 15 is 0 Å². The second-order valence-electron chi connectivity index (χ2n) is 7.68.